The van der Waals surface area contributed by atoms with E-state index in [1.807, 2.05) is 18.2 Å². The van der Waals surface area contributed by atoms with E-state index in [1.54, 1.807) is 6.07 Å². The van der Waals surface area contributed by atoms with Gasteiger partial charge < -0.3 is 0 Å². The van der Waals surface area contributed by atoms with Crippen LogP contribution in [0.5, 0.6) is 0 Å². The van der Waals surface area contributed by atoms with Crippen LogP contribution in [0.15, 0.2) is 40.9 Å². The van der Waals surface area contributed by atoms with E-state index >= 15 is 0 Å². The summed E-state index contributed by atoms with van der Waals surface area (Å²) in [7, 11) is 0. The molecule has 2 aromatic carbocycles. The van der Waals surface area contributed by atoms with E-state index in [9.17, 15) is 8.78 Å². The lowest BCUT2D eigenvalue weighted by Crippen LogP contribution is -2.01. The molecule has 0 amide bonds. The molecule has 0 nitrogen and oxygen atoms in total. The summed E-state index contributed by atoms with van der Waals surface area (Å²) in [5.41, 5.74) is 1.39. The monoisotopic (exact) mass is 500 g/mol. The van der Waals surface area contributed by atoms with Gasteiger partial charge in [-0.15, -0.1) is 0 Å². The molecule has 5 heteroatoms. The molecule has 0 saturated heterocycles. The van der Waals surface area contributed by atoms with Crippen molar-refractivity contribution in [3.63, 3.8) is 0 Å². The Morgan fingerprint density at radius 1 is 1.16 bits per heavy atom. The highest BCUT2D eigenvalue weighted by atomic mass is 127. The van der Waals surface area contributed by atoms with Crippen LogP contribution < -0.4 is 0 Å². The Kier molecular flexibility index (Phi) is 5.37. The van der Waals surface area contributed by atoms with E-state index in [-0.39, 0.29) is 4.83 Å². The summed E-state index contributed by atoms with van der Waals surface area (Å²) in [5.74, 6) is -1.58. The Morgan fingerprint density at radius 2 is 1.89 bits per heavy atom. The maximum atomic E-state index is 13.6. The van der Waals surface area contributed by atoms with E-state index in [2.05, 4.69) is 54.5 Å². The van der Waals surface area contributed by atoms with Gasteiger partial charge in [0.05, 0.1) is 0 Å². The highest BCUT2D eigenvalue weighted by molar-refractivity contribution is 14.1. The third-order valence-electron chi connectivity index (χ3n) is 2.73. The molecule has 0 aromatic heterocycles. The predicted octanol–water partition coefficient (Wildman–Crippen LogP) is 6.01. The topological polar surface area (TPSA) is 0 Å². The Balaban J connectivity index is 2.28. The molecule has 0 fully saturated rings. The van der Waals surface area contributed by atoms with Crippen LogP contribution in [0.3, 0.4) is 0 Å². The first-order chi connectivity index (χ1) is 8.99. The second kappa shape index (κ2) is 6.63. The van der Waals surface area contributed by atoms with E-state index in [0.29, 0.717) is 12.0 Å². The summed E-state index contributed by atoms with van der Waals surface area (Å²) in [6.45, 7) is 0. The number of alkyl halides is 1. The van der Waals surface area contributed by atoms with Crippen molar-refractivity contribution in [2.75, 3.05) is 0 Å². The van der Waals surface area contributed by atoms with Gasteiger partial charge in [-0.1, -0.05) is 44.0 Å². The van der Waals surface area contributed by atoms with E-state index < -0.39 is 11.6 Å². The molecule has 0 saturated carbocycles. The molecule has 0 N–H and O–H groups in total. The number of benzene rings is 2. The van der Waals surface area contributed by atoms with E-state index in [0.717, 1.165) is 19.7 Å². The predicted molar refractivity (Wildman–Crippen MR) is 88.6 cm³/mol. The molecule has 0 aliphatic heterocycles. The molecule has 0 aliphatic rings. The van der Waals surface area contributed by atoms with Gasteiger partial charge in [0.15, 0.2) is 11.6 Å². The molecular formula is C14H9Br2F2I. The summed E-state index contributed by atoms with van der Waals surface area (Å²) in [5, 5.41) is 0. The summed E-state index contributed by atoms with van der Waals surface area (Å²) in [4.78, 5) is -0.0760. The summed E-state index contributed by atoms with van der Waals surface area (Å²) in [6, 6.07) is 10.2. The fraction of sp³-hybridized carbons (Fsp3) is 0.143. The van der Waals surface area contributed by atoms with Crippen molar-refractivity contribution in [1.82, 2.24) is 0 Å². The molecule has 0 bridgehead atoms. The molecular weight excluding hydrogens is 493 g/mol. The fourth-order valence-electron chi connectivity index (χ4n) is 1.76. The van der Waals surface area contributed by atoms with Crippen molar-refractivity contribution in [1.29, 1.82) is 0 Å². The fourth-order valence-corrected chi connectivity index (χ4v) is 3.84. The molecule has 2 aromatic rings. The minimum atomic E-state index is -0.807. The van der Waals surface area contributed by atoms with Gasteiger partial charge in [0.25, 0.3) is 0 Å². The third-order valence-corrected chi connectivity index (χ3v) is 4.94. The minimum Gasteiger partial charge on any atom is -0.204 e. The normalized spacial score (nSPS) is 12.5. The van der Waals surface area contributed by atoms with Crippen LogP contribution in [-0.2, 0) is 6.42 Å². The van der Waals surface area contributed by atoms with Gasteiger partial charge in [-0.2, -0.15) is 0 Å². The van der Waals surface area contributed by atoms with Crippen molar-refractivity contribution in [3.05, 3.63) is 67.2 Å². The van der Waals surface area contributed by atoms with Crippen molar-refractivity contribution >= 4 is 54.5 Å². The number of rotatable bonds is 3. The maximum absolute atomic E-state index is 13.6. The molecule has 100 valence electrons. The number of hydrogen-bond acceptors (Lipinski definition) is 0. The Hall–Kier alpha value is -0.0100. The maximum Gasteiger partial charge on any atom is 0.162 e. The molecule has 2 rings (SSSR count). The molecule has 0 aliphatic carbocycles. The lowest BCUT2D eigenvalue weighted by atomic mass is 10.0. The third kappa shape index (κ3) is 3.76. The van der Waals surface area contributed by atoms with Crippen molar-refractivity contribution < 1.29 is 8.78 Å². The highest BCUT2D eigenvalue weighted by Crippen LogP contribution is 2.34. The van der Waals surface area contributed by atoms with Gasteiger partial charge in [-0.25, -0.2) is 8.78 Å². The molecule has 0 spiro atoms. The van der Waals surface area contributed by atoms with Gasteiger partial charge in [0, 0.05) is 12.9 Å². The number of hydrogen-bond donors (Lipinski definition) is 0. The molecule has 1 unspecified atom stereocenters. The average molecular weight is 502 g/mol. The van der Waals surface area contributed by atoms with Crippen LogP contribution >= 0.6 is 54.5 Å². The molecule has 19 heavy (non-hydrogen) atoms. The summed E-state index contributed by atoms with van der Waals surface area (Å²) in [6.07, 6.45) is 0.391. The zero-order valence-electron chi connectivity index (χ0n) is 9.64. The van der Waals surface area contributed by atoms with Crippen LogP contribution in [0.2, 0.25) is 0 Å². The lowest BCUT2D eigenvalue weighted by Gasteiger charge is -2.13. The van der Waals surface area contributed by atoms with Crippen molar-refractivity contribution in [3.8, 4) is 0 Å². The van der Waals surface area contributed by atoms with Crippen molar-refractivity contribution in [2.45, 2.75) is 11.2 Å². The first-order valence-electron chi connectivity index (χ1n) is 5.51. The SMILES string of the molecule is Fc1cccc(CC(Br)c2cc(I)ccc2Br)c1F. The standard InChI is InChI=1S/C14H9Br2F2I/c15-11-5-4-9(19)7-10(11)12(16)6-8-2-1-3-13(17)14(8)18/h1-5,7,12H,6H2. The van der Waals surface area contributed by atoms with Crippen LogP contribution in [0, 0.1) is 15.2 Å². The summed E-state index contributed by atoms with van der Waals surface area (Å²) < 4.78 is 28.9. The minimum absolute atomic E-state index is 0.0760. The highest BCUT2D eigenvalue weighted by Gasteiger charge is 2.16. The molecule has 0 radical (unpaired) electrons. The smallest absolute Gasteiger partial charge is 0.162 e. The lowest BCUT2D eigenvalue weighted by molar-refractivity contribution is 0.498. The van der Waals surface area contributed by atoms with Crippen LogP contribution in [0.25, 0.3) is 0 Å². The summed E-state index contributed by atoms with van der Waals surface area (Å²) >= 11 is 9.24. The number of halogens is 5. The second-order valence-electron chi connectivity index (χ2n) is 4.05. The zero-order chi connectivity index (χ0) is 14.0. The largest absolute Gasteiger partial charge is 0.204 e. The molecule has 0 heterocycles. The van der Waals surface area contributed by atoms with Crippen molar-refractivity contribution in [2.24, 2.45) is 0 Å². The van der Waals surface area contributed by atoms with Crippen LogP contribution in [-0.4, -0.2) is 0 Å². The van der Waals surface area contributed by atoms with Crippen LogP contribution in [0.1, 0.15) is 16.0 Å². The van der Waals surface area contributed by atoms with Gasteiger partial charge in [0.2, 0.25) is 0 Å². The average Bonchev–Trinajstić information content (AvgIpc) is 2.38. The zero-order valence-corrected chi connectivity index (χ0v) is 15.0. The van der Waals surface area contributed by atoms with Gasteiger partial charge >= 0.3 is 0 Å². The van der Waals surface area contributed by atoms with Gasteiger partial charge in [-0.3, -0.25) is 0 Å². The second-order valence-corrected chi connectivity index (χ2v) is 7.26. The van der Waals surface area contributed by atoms with E-state index in [1.165, 1.54) is 6.07 Å². The Morgan fingerprint density at radius 3 is 2.63 bits per heavy atom. The van der Waals surface area contributed by atoms with Gasteiger partial charge in [0.1, 0.15) is 0 Å². The quantitative estimate of drug-likeness (QED) is 0.357. The first-order valence-corrected chi connectivity index (χ1v) is 8.29. The first kappa shape index (κ1) is 15.4. The molecule has 1 atom stereocenters. The van der Waals surface area contributed by atoms with E-state index in [4.69, 9.17) is 0 Å². The van der Waals surface area contributed by atoms with Gasteiger partial charge in [-0.05, 0) is 64.4 Å². The van der Waals surface area contributed by atoms with Crippen LogP contribution in [0.4, 0.5) is 8.78 Å². The Labute approximate surface area is 141 Å². The Bertz CT molecular complexity index is 602.